The lowest BCUT2D eigenvalue weighted by Gasteiger charge is -2.15. The third kappa shape index (κ3) is 2.00. The average Bonchev–Trinajstić information content (AvgIpc) is 2.54. The van der Waals surface area contributed by atoms with E-state index >= 15 is 0 Å². The fraction of sp³-hybridized carbons (Fsp3) is 0.417. The maximum Gasteiger partial charge on any atom is 0.336 e. The van der Waals surface area contributed by atoms with E-state index < -0.39 is 5.97 Å². The van der Waals surface area contributed by atoms with E-state index in [1.807, 2.05) is 6.92 Å². The first-order valence-electron chi connectivity index (χ1n) is 5.59. The molecular weight excluding hydrogens is 222 g/mol. The van der Waals surface area contributed by atoms with Crippen molar-refractivity contribution >= 4 is 11.7 Å². The zero-order chi connectivity index (χ0) is 12.4. The molecule has 1 heterocycles. The van der Waals surface area contributed by atoms with Crippen LogP contribution in [-0.2, 0) is 6.42 Å². The molecule has 0 aromatic heterocycles. The number of carbonyl (C=O) groups is 1. The van der Waals surface area contributed by atoms with Gasteiger partial charge in [-0.2, -0.15) is 0 Å². The quantitative estimate of drug-likeness (QED) is 0.765. The smallest absolute Gasteiger partial charge is 0.336 e. The second-order valence-electron chi connectivity index (χ2n) is 3.85. The molecule has 0 spiro atoms. The summed E-state index contributed by atoms with van der Waals surface area (Å²) in [6.45, 7) is 2.91. The Bertz CT molecular complexity index is 456. The Morgan fingerprint density at radius 1 is 1.47 bits per heavy atom. The molecule has 2 rings (SSSR count). The second-order valence-corrected chi connectivity index (χ2v) is 3.85. The topological polar surface area (TPSA) is 81.8 Å². The Kier molecular flexibility index (Phi) is 3.08. The molecule has 0 bridgehead atoms. The molecule has 1 aliphatic rings. The van der Waals surface area contributed by atoms with E-state index in [0.29, 0.717) is 42.4 Å². The molecule has 1 aromatic rings. The second kappa shape index (κ2) is 4.53. The molecule has 0 saturated heterocycles. The van der Waals surface area contributed by atoms with Gasteiger partial charge in [-0.05, 0) is 18.1 Å². The highest BCUT2D eigenvalue weighted by atomic mass is 16.5. The fourth-order valence-corrected chi connectivity index (χ4v) is 1.94. The van der Waals surface area contributed by atoms with Gasteiger partial charge < -0.3 is 20.3 Å². The molecule has 0 amide bonds. The minimum atomic E-state index is -0.996. The number of benzene rings is 1. The molecule has 0 atom stereocenters. The molecule has 92 valence electrons. The minimum absolute atomic E-state index is 0.189. The highest BCUT2D eigenvalue weighted by Gasteiger charge is 2.22. The van der Waals surface area contributed by atoms with E-state index in [1.54, 1.807) is 0 Å². The van der Waals surface area contributed by atoms with Crippen LogP contribution in [-0.4, -0.2) is 24.3 Å². The van der Waals surface area contributed by atoms with E-state index in [1.165, 1.54) is 6.07 Å². The Morgan fingerprint density at radius 3 is 2.82 bits per heavy atom. The summed E-state index contributed by atoms with van der Waals surface area (Å²) >= 11 is 0. The summed E-state index contributed by atoms with van der Waals surface area (Å²) < 4.78 is 11.0. The van der Waals surface area contributed by atoms with Crippen LogP contribution < -0.4 is 15.2 Å². The predicted octanol–water partition coefficient (Wildman–Crippen LogP) is 1.69. The van der Waals surface area contributed by atoms with Crippen LogP contribution in [0.3, 0.4) is 0 Å². The van der Waals surface area contributed by atoms with Crippen molar-refractivity contribution in [1.82, 2.24) is 0 Å². The lowest BCUT2D eigenvalue weighted by molar-refractivity contribution is 0.0695. The van der Waals surface area contributed by atoms with Crippen LogP contribution in [0.4, 0.5) is 5.69 Å². The van der Waals surface area contributed by atoms with E-state index in [2.05, 4.69) is 0 Å². The summed E-state index contributed by atoms with van der Waals surface area (Å²) in [6.07, 6.45) is 1.31. The van der Waals surface area contributed by atoms with E-state index in [-0.39, 0.29) is 5.56 Å². The Balaban J connectivity index is 2.61. The van der Waals surface area contributed by atoms with Crippen molar-refractivity contribution in [2.75, 3.05) is 18.9 Å². The molecule has 5 heteroatoms. The van der Waals surface area contributed by atoms with Crippen LogP contribution in [0.15, 0.2) is 6.07 Å². The summed E-state index contributed by atoms with van der Waals surface area (Å²) in [4.78, 5) is 11.2. The molecule has 1 aromatic carbocycles. The first-order chi connectivity index (χ1) is 8.15. The molecule has 0 saturated carbocycles. The lowest BCUT2D eigenvalue weighted by atomic mass is 10.0. The summed E-state index contributed by atoms with van der Waals surface area (Å²) in [7, 11) is 0. The van der Waals surface area contributed by atoms with Crippen molar-refractivity contribution in [1.29, 1.82) is 0 Å². The number of carboxylic acid groups (broad SMARTS) is 1. The van der Waals surface area contributed by atoms with Gasteiger partial charge in [-0.25, -0.2) is 4.79 Å². The highest BCUT2D eigenvalue weighted by Crippen LogP contribution is 2.40. The number of nitrogens with two attached hydrogens (primary N) is 1. The molecular formula is C12H15NO4. The van der Waals surface area contributed by atoms with Crippen molar-refractivity contribution in [2.45, 2.75) is 19.8 Å². The van der Waals surface area contributed by atoms with Gasteiger partial charge in [-0.3, -0.25) is 0 Å². The number of anilines is 1. The molecule has 0 radical (unpaired) electrons. The fourth-order valence-electron chi connectivity index (χ4n) is 1.94. The van der Waals surface area contributed by atoms with Crippen LogP contribution in [0.5, 0.6) is 11.5 Å². The van der Waals surface area contributed by atoms with Gasteiger partial charge in [0.2, 0.25) is 0 Å². The monoisotopic (exact) mass is 237 g/mol. The summed E-state index contributed by atoms with van der Waals surface area (Å²) in [5.74, 6) is -0.0943. The first kappa shape index (κ1) is 11.6. The van der Waals surface area contributed by atoms with Gasteiger partial charge in [0.05, 0.1) is 24.5 Å². The zero-order valence-electron chi connectivity index (χ0n) is 9.66. The molecule has 5 nitrogen and oxygen atoms in total. The van der Waals surface area contributed by atoms with E-state index in [0.717, 1.165) is 6.42 Å². The third-order valence-corrected chi connectivity index (χ3v) is 2.77. The number of hydrogen-bond donors (Lipinski definition) is 2. The van der Waals surface area contributed by atoms with E-state index in [9.17, 15) is 4.79 Å². The Labute approximate surface area is 99.1 Å². The van der Waals surface area contributed by atoms with Gasteiger partial charge in [-0.15, -0.1) is 0 Å². The van der Waals surface area contributed by atoms with Gasteiger partial charge in [0, 0.05) is 6.42 Å². The summed E-state index contributed by atoms with van der Waals surface area (Å²) in [5.41, 5.74) is 7.12. The molecule has 0 fully saturated rings. The summed E-state index contributed by atoms with van der Waals surface area (Å²) in [5, 5.41) is 9.14. The number of hydrogen-bond acceptors (Lipinski definition) is 4. The zero-order valence-corrected chi connectivity index (χ0v) is 9.66. The van der Waals surface area contributed by atoms with Crippen LogP contribution in [0.1, 0.15) is 29.3 Å². The predicted molar refractivity (Wildman–Crippen MR) is 62.8 cm³/mol. The molecule has 0 aliphatic carbocycles. The third-order valence-electron chi connectivity index (χ3n) is 2.77. The maximum atomic E-state index is 11.2. The normalized spacial score (nSPS) is 14.2. The standard InChI is InChI=1S/C12H15NO4/c1-2-7-8(12(14)15)6-9-11(10(7)13)17-5-3-4-16-9/h6H,2-5,13H2,1H3,(H,14,15). The van der Waals surface area contributed by atoms with Gasteiger partial charge >= 0.3 is 5.97 Å². The molecule has 0 unspecified atom stereocenters. The Hall–Kier alpha value is -1.91. The number of aromatic carboxylic acids is 1. The Morgan fingerprint density at radius 2 is 2.18 bits per heavy atom. The highest BCUT2D eigenvalue weighted by molar-refractivity contribution is 5.93. The number of fused-ring (bicyclic) bond motifs is 1. The van der Waals surface area contributed by atoms with Crippen molar-refractivity contribution in [3.05, 3.63) is 17.2 Å². The average molecular weight is 237 g/mol. The SMILES string of the molecule is CCc1c(C(=O)O)cc2c(c1N)OCCCO2. The van der Waals surface area contributed by atoms with Gasteiger partial charge in [0.25, 0.3) is 0 Å². The molecule has 17 heavy (non-hydrogen) atoms. The van der Waals surface area contributed by atoms with Crippen molar-refractivity contribution in [2.24, 2.45) is 0 Å². The van der Waals surface area contributed by atoms with Crippen LogP contribution in [0.25, 0.3) is 0 Å². The largest absolute Gasteiger partial charge is 0.489 e. The van der Waals surface area contributed by atoms with E-state index in [4.69, 9.17) is 20.3 Å². The number of nitrogen functional groups attached to an aromatic ring is 1. The maximum absolute atomic E-state index is 11.2. The van der Waals surface area contributed by atoms with Crippen molar-refractivity contribution in [3.8, 4) is 11.5 Å². The van der Waals surface area contributed by atoms with Crippen molar-refractivity contribution in [3.63, 3.8) is 0 Å². The van der Waals surface area contributed by atoms with Crippen LogP contribution in [0.2, 0.25) is 0 Å². The van der Waals surface area contributed by atoms with Crippen molar-refractivity contribution < 1.29 is 19.4 Å². The lowest BCUT2D eigenvalue weighted by Crippen LogP contribution is -2.08. The van der Waals surface area contributed by atoms with Gasteiger partial charge in [-0.1, -0.05) is 6.92 Å². The van der Waals surface area contributed by atoms with Gasteiger partial charge in [0.1, 0.15) is 0 Å². The number of carboxylic acids is 1. The minimum Gasteiger partial charge on any atom is -0.489 e. The number of rotatable bonds is 2. The van der Waals surface area contributed by atoms with Crippen LogP contribution in [0, 0.1) is 0 Å². The van der Waals surface area contributed by atoms with Gasteiger partial charge in [0.15, 0.2) is 11.5 Å². The first-order valence-corrected chi connectivity index (χ1v) is 5.59. The molecule has 1 aliphatic heterocycles. The molecule has 3 N–H and O–H groups in total. The summed E-state index contributed by atoms with van der Waals surface area (Å²) in [6, 6.07) is 1.50. The van der Waals surface area contributed by atoms with Crippen LogP contribution >= 0.6 is 0 Å². The number of ether oxygens (including phenoxy) is 2.